The Labute approximate surface area is 105 Å². The Balaban J connectivity index is 0.000000362. The zero-order chi connectivity index (χ0) is 15.3. The van der Waals surface area contributed by atoms with Gasteiger partial charge in [0.15, 0.2) is 0 Å². The Kier molecular flexibility index (Phi) is 5.86. The third-order valence-electron chi connectivity index (χ3n) is 1.62. The Bertz CT molecular complexity index is 524. The van der Waals surface area contributed by atoms with E-state index in [0.717, 1.165) is 0 Å². The van der Waals surface area contributed by atoms with E-state index in [-0.39, 0.29) is 12.3 Å². The summed E-state index contributed by atoms with van der Waals surface area (Å²) in [6.45, 7) is -0.0853. The molecule has 7 nitrogen and oxygen atoms in total. The average Bonchev–Trinajstić information content (AvgIpc) is 2.27. The molecular weight excluding hydrogens is 295 g/mol. The van der Waals surface area contributed by atoms with Crippen LogP contribution in [0.2, 0.25) is 0 Å². The molecule has 1 rings (SSSR count). The molecule has 1 aromatic rings. The smallest absolute Gasteiger partial charge is 0.392 e. The number of nitrogens with zero attached hydrogens (tertiary/aromatic N) is 1. The largest absolute Gasteiger partial charge is 0.522 e. The number of aliphatic hydroxyl groups excluding tert-OH is 1. The maximum Gasteiger partial charge on any atom is 0.522 e. The first-order valence-electron chi connectivity index (χ1n) is 4.37. The molecule has 0 unspecified atom stereocenters. The lowest BCUT2D eigenvalue weighted by molar-refractivity contribution is -0.384. The quantitative estimate of drug-likeness (QED) is 0.370. The number of alkyl halides is 3. The van der Waals surface area contributed by atoms with Crippen molar-refractivity contribution in [1.82, 2.24) is 0 Å². The number of hydrogen-bond donors (Lipinski definition) is 2. The van der Waals surface area contributed by atoms with Crippen molar-refractivity contribution in [1.29, 1.82) is 0 Å². The van der Waals surface area contributed by atoms with Gasteiger partial charge in [-0.1, -0.05) is 0 Å². The molecule has 2 N–H and O–H groups in total. The SMILES string of the molecule is O=S(=O)(O)C(F)(F)F.O=[N+]([O-])c1ccc(CO)cc1. The molecule has 0 fully saturated rings. The van der Waals surface area contributed by atoms with Crippen LogP contribution >= 0.6 is 0 Å². The minimum absolute atomic E-state index is 0.0437. The minimum atomic E-state index is -5.84. The Morgan fingerprint density at radius 2 is 1.58 bits per heavy atom. The second-order valence-electron chi connectivity index (χ2n) is 3.00. The van der Waals surface area contributed by atoms with Gasteiger partial charge in [0.05, 0.1) is 11.5 Å². The third-order valence-corrected chi connectivity index (χ3v) is 2.21. The zero-order valence-corrected chi connectivity index (χ0v) is 9.85. The maximum absolute atomic E-state index is 10.7. The number of aliphatic hydroxyl groups is 1. The summed E-state index contributed by atoms with van der Waals surface area (Å²) in [5.41, 5.74) is -4.81. The molecule has 1 aromatic carbocycles. The summed E-state index contributed by atoms with van der Waals surface area (Å²) in [5, 5.41) is 18.7. The number of rotatable bonds is 2. The van der Waals surface area contributed by atoms with E-state index in [9.17, 15) is 23.3 Å². The van der Waals surface area contributed by atoms with Crippen molar-refractivity contribution in [2.45, 2.75) is 12.1 Å². The van der Waals surface area contributed by atoms with Crippen molar-refractivity contribution in [3.05, 3.63) is 39.9 Å². The molecule has 11 heteroatoms. The summed E-state index contributed by atoms with van der Waals surface area (Å²) >= 11 is 0. The Hall–Kier alpha value is -1.72. The van der Waals surface area contributed by atoms with Gasteiger partial charge in [0.2, 0.25) is 0 Å². The van der Waals surface area contributed by atoms with Gasteiger partial charge in [-0.3, -0.25) is 14.7 Å². The summed E-state index contributed by atoms with van der Waals surface area (Å²) in [6, 6.07) is 5.79. The molecule has 0 saturated carbocycles. The average molecular weight is 303 g/mol. The summed E-state index contributed by atoms with van der Waals surface area (Å²) < 4.78 is 57.5. The molecule has 108 valence electrons. The van der Waals surface area contributed by atoms with Gasteiger partial charge in [0, 0.05) is 12.1 Å². The Morgan fingerprint density at radius 3 is 1.79 bits per heavy atom. The van der Waals surface area contributed by atoms with Crippen LogP contribution in [0, 0.1) is 10.1 Å². The molecule has 0 aliphatic rings. The van der Waals surface area contributed by atoms with Gasteiger partial charge in [-0.2, -0.15) is 21.6 Å². The number of non-ortho nitro benzene ring substituents is 1. The van der Waals surface area contributed by atoms with E-state index >= 15 is 0 Å². The summed E-state index contributed by atoms with van der Waals surface area (Å²) in [4.78, 5) is 9.67. The fraction of sp³-hybridized carbons (Fsp3) is 0.250. The predicted octanol–water partition coefficient (Wildman–Crippen LogP) is 1.48. The highest BCUT2D eigenvalue weighted by Gasteiger charge is 2.44. The summed E-state index contributed by atoms with van der Waals surface area (Å²) in [6.07, 6.45) is 0. The van der Waals surface area contributed by atoms with E-state index in [1.807, 2.05) is 0 Å². The maximum atomic E-state index is 10.7. The van der Waals surface area contributed by atoms with Crippen molar-refractivity contribution < 1.29 is 36.2 Å². The van der Waals surface area contributed by atoms with Crippen molar-refractivity contribution in [3.63, 3.8) is 0 Å². The highest BCUT2D eigenvalue weighted by molar-refractivity contribution is 7.86. The fourth-order valence-corrected chi connectivity index (χ4v) is 0.723. The number of nitro benzene ring substituents is 1. The first kappa shape index (κ1) is 17.3. The van der Waals surface area contributed by atoms with Gasteiger partial charge >= 0.3 is 15.6 Å². The van der Waals surface area contributed by atoms with Crippen LogP contribution in [0.25, 0.3) is 0 Å². The lowest BCUT2D eigenvalue weighted by Gasteiger charge is -1.97. The minimum Gasteiger partial charge on any atom is -0.392 e. The summed E-state index contributed by atoms with van der Waals surface area (Å²) in [7, 11) is -5.84. The lowest BCUT2D eigenvalue weighted by Crippen LogP contribution is -2.21. The molecule has 0 spiro atoms. The number of halogens is 3. The molecule has 0 aliphatic carbocycles. The van der Waals surface area contributed by atoms with Crippen LogP contribution in [0.1, 0.15) is 5.56 Å². The Morgan fingerprint density at radius 1 is 1.21 bits per heavy atom. The van der Waals surface area contributed by atoms with Crippen molar-refractivity contribution in [2.75, 3.05) is 0 Å². The second kappa shape index (κ2) is 6.45. The van der Waals surface area contributed by atoms with Crippen LogP contribution < -0.4 is 0 Å². The second-order valence-corrected chi connectivity index (χ2v) is 4.42. The first-order chi connectivity index (χ1) is 8.49. The molecule has 0 bridgehead atoms. The standard InChI is InChI=1S/C7H7NO3.CHF3O3S/c9-5-6-1-3-7(4-2-6)8(10)11;2-1(3,4)8(5,6)7/h1-4,9H,5H2;(H,5,6,7). The molecule has 0 atom stereocenters. The van der Waals surface area contributed by atoms with E-state index < -0.39 is 20.5 Å². The van der Waals surface area contributed by atoms with Crippen LogP contribution in [0.3, 0.4) is 0 Å². The molecular formula is C8H8F3NO6S. The molecule has 0 saturated heterocycles. The zero-order valence-electron chi connectivity index (χ0n) is 9.03. The first-order valence-corrected chi connectivity index (χ1v) is 5.81. The van der Waals surface area contributed by atoms with Gasteiger partial charge in [-0.15, -0.1) is 0 Å². The molecule has 0 aliphatic heterocycles. The molecule has 19 heavy (non-hydrogen) atoms. The van der Waals surface area contributed by atoms with Crippen LogP contribution in [-0.4, -0.2) is 28.5 Å². The van der Waals surface area contributed by atoms with E-state index in [1.54, 1.807) is 0 Å². The van der Waals surface area contributed by atoms with E-state index in [4.69, 9.17) is 18.1 Å². The van der Waals surface area contributed by atoms with Gasteiger partial charge < -0.3 is 5.11 Å². The molecule has 0 heterocycles. The highest BCUT2D eigenvalue weighted by atomic mass is 32.2. The predicted molar refractivity (Wildman–Crippen MR) is 56.6 cm³/mol. The number of benzene rings is 1. The van der Waals surface area contributed by atoms with Crippen molar-refractivity contribution in [2.24, 2.45) is 0 Å². The highest BCUT2D eigenvalue weighted by Crippen LogP contribution is 2.20. The van der Waals surface area contributed by atoms with Crippen LogP contribution in [0.5, 0.6) is 0 Å². The molecule has 0 radical (unpaired) electrons. The van der Waals surface area contributed by atoms with E-state index in [1.165, 1.54) is 24.3 Å². The van der Waals surface area contributed by atoms with Crippen molar-refractivity contribution >= 4 is 15.8 Å². The van der Waals surface area contributed by atoms with Crippen LogP contribution in [0.15, 0.2) is 24.3 Å². The third kappa shape index (κ3) is 6.13. The lowest BCUT2D eigenvalue weighted by atomic mass is 10.2. The monoisotopic (exact) mass is 303 g/mol. The number of nitro groups is 1. The number of hydrogen-bond acceptors (Lipinski definition) is 5. The van der Waals surface area contributed by atoms with Gasteiger partial charge in [0.25, 0.3) is 5.69 Å². The van der Waals surface area contributed by atoms with Crippen molar-refractivity contribution in [3.8, 4) is 0 Å². The van der Waals surface area contributed by atoms with Crippen LogP contribution in [0.4, 0.5) is 18.9 Å². The normalized spacial score (nSPS) is 11.4. The van der Waals surface area contributed by atoms with Gasteiger partial charge in [-0.05, 0) is 17.7 Å². The topological polar surface area (TPSA) is 118 Å². The summed E-state index contributed by atoms with van der Waals surface area (Å²) in [5.74, 6) is 0. The van der Waals surface area contributed by atoms with Gasteiger partial charge in [-0.25, -0.2) is 0 Å². The van der Waals surface area contributed by atoms with E-state index in [2.05, 4.69) is 0 Å². The molecule has 0 amide bonds. The van der Waals surface area contributed by atoms with Crippen LogP contribution in [-0.2, 0) is 16.7 Å². The molecule has 0 aromatic heterocycles. The van der Waals surface area contributed by atoms with E-state index in [0.29, 0.717) is 5.56 Å². The van der Waals surface area contributed by atoms with Gasteiger partial charge in [0.1, 0.15) is 0 Å². The fourth-order valence-electron chi connectivity index (χ4n) is 0.723.